The summed E-state index contributed by atoms with van der Waals surface area (Å²) in [6.45, 7) is 5.81. The lowest BCUT2D eigenvalue weighted by Gasteiger charge is -2.09. The van der Waals surface area contributed by atoms with Gasteiger partial charge in [0, 0.05) is 29.3 Å². The molecule has 0 aliphatic rings. The lowest BCUT2D eigenvalue weighted by molar-refractivity contribution is 0.602. The Morgan fingerprint density at radius 1 is 1.08 bits per heavy atom. The molecule has 0 bridgehead atoms. The van der Waals surface area contributed by atoms with E-state index in [1.54, 1.807) is 30.3 Å². The van der Waals surface area contributed by atoms with Crippen molar-refractivity contribution in [1.29, 1.82) is 0 Å². The van der Waals surface area contributed by atoms with Crippen LogP contribution < -0.4 is 0 Å². The molecule has 0 N–H and O–H groups in total. The molecule has 0 amide bonds. The highest BCUT2D eigenvalue weighted by Crippen LogP contribution is 2.26. The van der Waals surface area contributed by atoms with Crippen molar-refractivity contribution in [2.24, 2.45) is 0 Å². The van der Waals surface area contributed by atoms with Gasteiger partial charge in [-0.25, -0.2) is 13.4 Å². The molecule has 0 unspecified atom stereocenters. The van der Waals surface area contributed by atoms with Crippen LogP contribution in [0.15, 0.2) is 84.4 Å². The maximum atomic E-state index is 11.7. The van der Waals surface area contributed by atoms with Crippen molar-refractivity contribution in [1.82, 2.24) is 9.55 Å². The first-order valence-electron chi connectivity index (χ1n) is 8.18. The van der Waals surface area contributed by atoms with Gasteiger partial charge in [0.2, 0.25) is 0 Å². The first kappa shape index (κ1) is 17.9. The van der Waals surface area contributed by atoms with E-state index >= 15 is 0 Å². The molecule has 0 saturated heterocycles. The summed E-state index contributed by atoms with van der Waals surface area (Å²) in [6, 6.07) is 16.7. The molecule has 3 rings (SSSR count). The second-order valence-electron chi connectivity index (χ2n) is 5.90. The van der Waals surface area contributed by atoms with E-state index in [1.807, 2.05) is 54.1 Å². The van der Waals surface area contributed by atoms with E-state index < -0.39 is 9.84 Å². The minimum absolute atomic E-state index is 0.293. The Labute approximate surface area is 154 Å². The maximum absolute atomic E-state index is 11.7. The van der Waals surface area contributed by atoms with E-state index in [9.17, 15) is 8.42 Å². The Morgan fingerprint density at radius 2 is 1.73 bits per heavy atom. The Kier molecular flexibility index (Phi) is 4.91. The molecule has 26 heavy (non-hydrogen) atoms. The van der Waals surface area contributed by atoms with Gasteiger partial charge in [-0.05, 0) is 31.2 Å². The fraction of sp³-hybridized carbons (Fsp3) is 0.0952. The lowest BCUT2D eigenvalue weighted by Crippen LogP contribution is -2.01. The van der Waals surface area contributed by atoms with E-state index in [0.717, 1.165) is 28.3 Å². The molecule has 5 heteroatoms. The van der Waals surface area contributed by atoms with Gasteiger partial charge in [-0.15, -0.1) is 0 Å². The standard InChI is InChI=1S/C21H20N2O2S/c1-4-16(5-2)21-22-20(17-9-7-6-8-10-17)15-23(21)18-11-13-19(14-12-18)26(3,24)25/h4-15H,1H2,2-3H3/b16-5+. The lowest BCUT2D eigenvalue weighted by atomic mass is 10.2. The van der Waals surface area contributed by atoms with Crippen LogP contribution in [0.4, 0.5) is 0 Å². The van der Waals surface area contributed by atoms with Crippen LogP contribution in [0.2, 0.25) is 0 Å². The molecule has 0 aliphatic carbocycles. The smallest absolute Gasteiger partial charge is 0.175 e. The van der Waals surface area contributed by atoms with Gasteiger partial charge in [0.1, 0.15) is 5.82 Å². The zero-order valence-corrected chi connectivity index (χ0v) is 15.6. The average molecular weight is 364 g/mol. The van der Waals surface area contributed by atoms with Crippen LogP contribution in [0.1, 0.15) is 12.7 Å². The van der Waals surface area contributed by atoms with E-state index in [0.29, 0.717) is 4.90 Å². The second kappa shape index (κ2) is 7.14. The number of hydrogen-bond donors (Lipinski definition) is 0. The van der Waals surface area contributed by atoms with Gasteiger partial charge < -0.3 is 0 Å². The zero-order valence-electron chi connectivity index (χ0n) is 14.8. The third-order valence-electron chi connectivity index (χ3n) is 4.11. The molecule has 1 aromatic heterocycles. The van der Waals surface area contributed by atoms with Gasteiger partial charge in [0.05, 0.1) is 10.6 Å². The first-order chi connectivity index (χ1) is 12.4. The third-order valence-corrected chi connectivity index (χ3v) is 5.24. The van der Waals surface area contributed by atoms with Gasteiger partial charge in [0.25, 0.3) is 0 Å². The van der Waals surface area contributed by atoms with E-state index in [-0.39, 0.29) is 0 Å². The van der Waals surface area contributed by atoms with Crippen molar-refractivity contribution in [2.45, 2.75) is 11.8 Å². The van der Waals surface area contributed by atoms with Crippen molar-refractivity contribution in [2.75, 3.05) is 6.26 Å². The van der Waals surface area contributed by atoms with Crippen molar-refractivity contribution < 1.29 is 8.42 Å². The zero-order chi connectivity index (χ0) is 18.7. The fourth-order valence-electron chi connectivity index (χ4n) is 2.72. The number of sulfone groups is 1. The van der Waals surface area contributed by atoms with Gasteiger partial charge >= 0.3 is 0 Å². The molecule has 4 nitrogen and oxygen atoms in total. The third kappa shape index (κ3) is 3.53. The molecular formula is C21H20N2O2S. The summed E-state index contributed by atoms with van der Waals surface area (Å²) in [4.78, 5) is 5.07. The Bertz CT molecular complexity index is 1060. The Hall–Kier alpha value is -2.92. The van der Waals surface area contributed by atoms with E-state index in [2.05, 4.69) is 6.58 Å². The monoisotopic (exact) mass is 364 g/mol. The molecule has 0 saturated carbocycles. The van der Waals surface area contributed by atoms with Crippen molar-refractivity contribution >= 4 is 15.4 Å². The molecule has 2 aromatic carbocycles. The SMILES string of the molecule is C=C/C(=C\C)c1nc(-c2ccccc2)cn1-c1ccc(S(C)(=O)=O)cc1. The number of rotatable bonds is 5. The van der Waals surface area contributed by atoms with Crippen LogP contribution in [0.5, 0.6) is 0 Å². The summed E-state index contributed by atoms with van der Waals surface area (Å²) in [6.07, 6.45) is 6.87. The molecule has 0 radical (unpaired) electrons. The molecule has 0 spiro atoms. The molecule has 1 heterocycles. The minimum Gasteiger partial charge on any atom is -0.299 e. The summed E-state index contributed by atoms with van der Waals surface area (Å²) >= 11 is 0. The number of imidazole rings is 1. The second-order valence-corrected chi connectivity index (χ2v) is 7.92. The van der Waals surface area contributed by atoms with E-state index in [1.165, 1.54) is 6.26 Å². The Balaban J connectivity index is 2.16. The molecule has 0 atom stereocenters. The van der Waals surface area contributed by atoms with Gasteiger partial charge in [-0.3, -0.25) is 4.57 Å². The number of nitrogens with zero attached hydrogens (tertiary/aromatic N) is 2. The summed E-state index contributed by atoms with van der Waals surface area (Å²) < 4.78 is 25.3. The van der Waals surface area contributed by atoms with Crippen molar-refractivity contribution in [3.05, 3.63) is 85.3 Å². The maximum Gasteiger partial charge on any atom is 0.175 e. The minimum atomic E-state index is -3.23. The van der Waals surface area contributed by atoms with Crippen molar-refractivity contribution in [3.8, 4) is 16.9 Å². The highest BCUT2D eigenvalue weighted by Gasteiger charge is 2.14. The highest BCUT2D eigenvalue weighted by atomic mass is 32.2. The van der Waals surface area contributed by atoms with Gasteiger partial charge in [0.15, 0.2) is 9.84 Å². The number of hydrogen-bond acceptors (Lipinski definition) is 3. The van der Waals surface area contributed by atoms with Gasteiger partial charge in [-0.2, -0.15) is 0 Å². The summed E-state index contributed by atoms with van der Waals surface area (Å²) in [5.41, 5.74) is 3.59. The van der Waals surface area contributed by atoms with Gasteiger partial charge in [-0.1, -0.05) is 49.1 Å². The van der Waals surface area contributed by atoms with E-state index in [4.69, 9.17) is 4.98 Å². The number of aromatic nitrogens is 2. The van der Waals surface area contributed by atoms with Crippen LogP contribution in [0, 0.1) is 0 Å². The van der Waals surface area contributed by atoms with Crippen LogP contribution in [-0.2, 0) is 9.84 Å². The molecular weight excluding hydrogens is 344 g/mol. The predicted molar refractivity (Wildman–Crippen MR) is 106 cm³/mol. The largest absolute Gasteiger partial charge is 0.299 e. The summed E-state index contributed by atoms with van der Waals surface area (Å²) in [7, 11) is -3.23. The quantitative estimate of drug-likeness (QED) is 0.625. The van der Waals surface area contributed by atoms with Crippen molar-refractivity contribution in [3.63, 3.8) is 0 Å². The predicted octanol–water partition coefficient (Wildman–Crippen LogP) is 4.53. The summed E-state index contributed by atoms with van der Waals surface area (Å²) in [5.74, 6) is 0.758. The van der Waals surface area contributed by atoms with Crippen LogP contribution >= 0.6 is 0 Å². The highest BCUT2D eigenvalue weighted by molar-refractivity contribution is 7.90. The van der Waals surface area contributed by atoms with Crippen LogP contribution in [0.3, 0.4) is 0 Å². The molecule has 0 fully saturated rings. The normalized spacial score (nSPS) is 12.2. The summed E-state index contributed by atoms with van der Waals surface area (Å²) in [5, 5.41) is 0. The first-order valence-corrected chi connectivity index (χ1v) is 10.1. The van der Waals surface area contributed by atoms with Crippen LogP contribution in [-0.4, -0.2) is 24.2 Å². The number of benzene rings is 2. The van der Waals surface area contributed by atoms with Crippen LogP contribution in [0.25, 0.3) is 22.5 Å². The molecule has 3 aromatic rings. The molecule has 0 aliphatic heterocycles. The fourth-order valence-corrected chi connectivity index (χ4v) is 3.35. The average Bonchev–Trinajstić information content (AvgIpc) is 3.08. The topological polar surface area (TPSA) is 52.0 Å². The Morgan fingerprint density at radius 3 is 2.27 bits per heavy atom. The number of allylic oxidation sites excluding steroid dienone is 3. The molecule has 132 valence electrons.